The Kier molecular flexibility index (Phi) is 3.83. The van der Waals surface area contributed by atoms with Gasteiger partial charge in [0.25, 0.3) is 11.8 Å². The number of rotatable bonds is 4. The van der Waals surface area contributed by atoms with E-state index >= 15 is 0 Å². The largest absolute Gasteiger partial charge is 0.403 e. The fourth-order valence-electron chi connectivity index (χ4n) is 1.98. The van der Waals surface area contributed by atoms with E-state index in [0.29, 0.717) is 18.3 Å². The van der Waals surface area contributed by atoms with Crippen molar-refractivity contribution in [1.82, 2.24) is 20.0 Å². The van der Waals surface area contributed by atoms with Crippen LogP contribution in [0.4, 0.5) is 14.8 Å². The molecule has 2 aromatic heterocycles. The summed E-state index contributed by atoms with van der Waals surface area (Å²) >= 11 is 0. The highest BCUT2D eigenvalue weighted by atomic mass is 19.1. The fourth-order valence-corrected chi connectivity index (χ4v) is 1.98. The predicted molar refractivity (Wildman–Crippen MR) is 75.5 cm³/mol. The van der Waals surface area contributed by atoms with Gasteiger partial charge in [-0.25, -0.2) is 8.78 Å². The monoisotopic (exact) mass is 319 g/mol. The quantitative estimate of drug-likeness (QED) is 0.798. The first-order valence-corrected chi connectivity index (χ1v) is 6.70. The van der Waals surface area contributed by atoms with Gasteiger partial charge in [0.05, 0.1) is 5.56 Å². The zero-order chi connectivity index (χ0) is 16.4. The number of hydrogen-bond acceptors (Lipinski definition) is 5. The molecule has 7 nitrogen and oxygen atoms in total. The van der Waals surface area contributed by atoms with E-state index in [-0.39, 0.29) is 17.5 Å². The molecular weight excluding hydrogens is 308 g/mol. The summed E-state index contributed by atoms with van der Waals surface area (Å²) in [6, 6.07) is 4.29. The van der Waals surface area contributed by atoms with E-state index in [1.165, 1.54) is 23.0 Å². The molecule has 0 atom stereocenters. The molecule has 1 aromatic carbocycles. The van der Waals surface area contributed by atoms with Crippen molar-refractivity contribution in [2.45, 2.75) is 13.5 Å². The molecule has 0 unspecified atom stereocenters. The molecule has 9 heteroatoms. The molecule has 0 aliphatic carbocycles. The maximum absolute atomic E-state index is 13.7. The minimum atomic E-state index is -0.837. The van der Waals surface area contributed by atoms with Crippen molar-refractivity contribution >= 4 is 11.9 Å². The van der Waals surface area contributed by atoms with Gasteiger partial charge < -0.3 is 4.42 Å². The average molecular weight is 319 g/mol. The number of carbonyl (C=O) groups is 1. The van der Waals surface area contributed by atoms with Crippen molar-refractivity contribution in [3.63, 3.8) is 0 Å². The highest BCUT2D eigenvalue weighted by Gasteiger charge is 2.17. The van der Waals surface area contributed by atoms with Gasteiger partial charge in [0, 0.05) is 18.8 Å². The zero-order valence-corrected chi connectivity index (χ0v) is 12.0. The van der Waals surface area contributed by atoms with Gasteiger partial charge in [0.2, 0.25) is 0 Å². The summed E-state index contributed by atoms with van der Waals surface area (Å²) in [5.41, 5.74) is 0.262. The second kappa shape index (κ2) is 5.95. The predicted octanol–water partition coefficient (Wildman–Crippen LogP) is 2.48. The minimum Gasteiger partial charge on any atom is -0.403 e. The molecule has 0 bridgehead atoms. The van der Waals surface area contributed by atoms with E-state index in [4.69, 9.17) is 4.42 Å². The number of amides is 1. The lowest BCUT2D eigenvalue weighted by molar-refractivity contribution is 0.101. The van der Waals surface area contributed by atoms with Crippen LogP contribution in [0.3, 0.4) is 0 Å². The average Bonchev–Trinajstić information content (AvgIpc) is 3.15. The van der Waals surface area contributed by atoms with Gasteiger partial charge in [-0.05, 0) is 25.1 Å². The van der Waals surface area contributed by atoms with Gasteiger partial charge in [-0.3, -0.25) is 14.8 Å². The third-order valence-electron chi connectivity index (χ3n) is 3.06. The highest BCUT2D eigenvalue weighted by Crippen LogP contribution is 2.23. The Bertz CT molecular complexity index is 858. The van der Waals surface area contributed by atoms with Crippen LogP contribution < -0.4 is 5.32 Å². The van der Waals surface area contributed by atoms with Gasteiger partial charge in [-0.2, -0.15) is 5.10 Å². The molecule has 0 saturated heterocycles. The number of aryl methyl sites for hydroxylation is 1. The van der Waals surface area contributed by atoms with Crippen LogP contribution in [0.2, 0.25) is 0 Å². The van der Waals surface area contributed by atoms with Crippen LogP contribution in [0, 0.1) is 11.6 Å². The molecule has 3 rings (SSSR count). The molecule has 1 amide bonds. The Labute approximate surface area is 128 Å². The second-order valence-corrected chi connectivity index (χ2v) is 4.52. The Morgan fingerprint density at radius 2 is 2.13 bits per heavy atom. The van der Waals surface area contributed by atoms with Gasteiger partial charge in [0.1, 0.15) is 17.3 Å². The van der Waals surface area contributed by atoms with Crippen LogP contribution in [0.5, 0.6) is 0 Å². The van der Waals surface area contributed by atoms with Crippen molar-refractivity contribution in [1.29, 1.82) is 0 Å². The lowest BCUT2D eigenvalue weighted by Crippen LogP contribution is -2.17. The molecule has 3 aromatic rings. The van der Waals surface area contributed by atoms with Crippen LogP contribution in [-0.2, 0) is 6.54 Å². The maximum atomic E-state index is 13.7. The number of nitrogens with zero attached hydrogens (tertiary/aromatic N) is 4. The Hall–Kier alpha value is -3.10. The van der Waals surface area contributed by atoms with Gasteiger partial charge >= 0.3 is 6.01 Å². The van der Waals surface area contributed by atoms with E-state index < -0.39 is 17.5 Å². The topological polar surface area (TPSA) is 85.8 Å². The van der Waals surface area contributed by atoms with E-state index in [1.54, 1.807) is 0 Å². The van der Waals surface area contributed by atoms with Crippen molar-refractivity contribution in [3.8, 4) is 11.5 Å². The van der Waals surface area contributed by atoms with E-state index in [0.717, 1.165) is 6.07 Å². The molecule has 2 heterocycles. The maximum Gasteiger partial charge on any atom is 0.322 e. The van der Waals surface area contributed by atoms with Crippen LogP contribution in [-0.4, -0.2) is 25.9 Å². The summed E-state index contributed by atoms with van der Waals surface area (Å²) in [5.74, 6) is -2.20. The van der Waals surface area contributed by atoms with Crippen molar-refractivity contribution in [3.05, 3.63) is 47.8 Å². The van der Waals surface area contributed by atoms with Crippen molar-refractivity contribution in [2.24, 2.45) is 0 Å². The normalized spacial score (nSPS) is 10.7. The molecule has 0 fully saturated rings. The molecule has 0 aliphatic rings. The SMILES string of the molecule is CCn1nccc1C(=O)Nc1nnc(-c2ccc(F)cc2F)o1. The summed E-state index contributed by atoms with van der Waals surface area (Å²) in [5, 5.41) is 13.6. The van der Waals surface area contributed by atoms with Gasteiger partial charge in [-0.15, -0.1) is 5.10 Å². The lowest BCUT2D eigenvalue weighted by Gasteiger charge is -2.03. The van der Waals surface area contributed by atoms with Gasteiger partial charge in [-0.1, -0.05) is 5.10 Å². The first-order valence-electron chi connectivity index (χ1n) is 6.70. The Morgan fingerprint density at radius 1 is 1.30 bits per heavy atom. The van der Waals surface area contributed by atoms with Crippen LogP contribution in [0.15, 0.2) is 34.9 Å². The van der Waals surface area contributed by atoms with Crippen LogP contribution in [0.1, 0.15) is 17.4 Å². The standard InChI is InChI=1S/C14H11F2N5O2/c1-2-21-11(5-6-17-21)12(22)18-14-20-19-13(23-14)9-4-3-8(15)7-10(9)16/h3-7H,2H2,1H3,(H,18,20,22). The molecule has 23 heavy (non-hydrogen) atoms. The highest BCUT2D eigenvalue weighted by molar-refractivity contribution is 6.01. The number of anilines is 1. The number of hydrogen-bond donors (Lipinski definition) is 1. The molecular formula is C14H11F2N5O2. The molecule has 1 N–H and O–H groups in total. The minimum absolute atomic E-state index is 0.0574. The molecule has 0 aliphatic heterocycles. The van der Waals surface area contributed by atoms with Crippen molar-refractivity contribution in [2.75, 3.05) is 5.32 Å². The molecule has 0 saturated carbocycles. The van der Waals surface area contributed by atoms with E-state index in [2.05, 4.69) is 20.6 Å². The van der Waals surface area contributed by atoms with E-state index in [9.17, 15) is 13.6 Å². The molecule has 0 spiro atoms. The van der Waals surface area contributed by atoms with Crippen molar-refractivity contribution < 1.29 is 18.0 Å². The number of halogens is 2. The summed E-state index contributed by atoms with van der Waals surface area (Å²) < 4.78 is 33.2. The smallest absolute Gasteiger partial charge is 0.322 e. The van der Waals surface area contributed by atoms with Gasteiger partial charge in [0.15, 0.2) is 0 Å². The first kappa shape index (κ1) is 14.8. The number of nitrogens with one attached hydrogen (secondary N) is 1. The number of carbonyl (C=O) groups excluding carboxylic acids is 1. The molecule has 118 valence electrons. The summed E-state index contributed by atoms with van der Waals surface area (Å²) in [4.78, 5) is 12.1. The first-order chi connectivity index (χ1) is 11.1. The third kappa shape index (κ3) is 2.93. The second-order valence-electron chi connectivity index (χ2n) is 4.52. The molecule has 0 radical (unpaired) electrons. The number of benzene rings is 1. The van der Waals surface area contributed by atoms with E-state index in [1.807, 2.05) is 6.92 Å². The summed E-state index contributed by atoms with van der Waals surface area (Å²) in [7, 11) is 0. The van der Waals surface area contributed by atoms with Crippen LogP contribution >= 0.6 is 0 Å². The third-order valence-corrected chi connectivity index (χ3v) is 3.06. The Balaban J connectivity index is 1.81. The number of aromatic nitrogens is 4. The fraction of sp³-hybridized carbons (Fsp3) is 0.143. The summed E-state index contributed by atoms with van der Waals surface area (Å²) in [6.45, 7) is 2.36. The zero-order valence-electron chi connectivity index (χ0n) is 12.0. The Morgan fingerprint density at radius 3 is 2.87 bits per heavy atom. The van der Waals surface area contributed by atoms with Crippen LogP contribution in [0.25, 0.3) is 11.5 Å². The summed E-state index contributed by atoms with van der Waals surface area (Å²) in [6.07, 6.45) is 1.49. The lowest BCUT2D eigenvalue weighted by atomic mass is 10.2.